The van der Waals surface area contributed by atoms with Crippen molar-refractivity contribution in [2.45, 2.75) is 65.3 Å². The fourth-order valence-corrected chi connectivity index (χ4v) is 8.77. The molecule has 3 amide bonds. The molecule has 0 saturated carbocycles. The highest BCUT2D eigenvalue weighted by Gasteiger charge is 2.45. The number of benzene rings is 2. The van der Waals surface area contributed by atoms with E-state index in [0.717, 1.165) is 38.5 Å². The van der Waals surface area contributed by atoms with E-state index < -0.39 is 23.6 Å². The SMILES string of the molecule is COc1ncccc1-c1cc(-c2ccc(N3CCN(CC(=O)NC(C(=O)N4C[C@H](O)C[C@H]4C(=O)N[C@@H](C)c4ccc(-c5scnc5C)cc4)C(C)(C)C)CC3)cc2)c(N)nn1. The Bertz CT molecular complexity index is 2340. The summed E-state index contributed by atoms with van der Waals surface area (Å²) < 4.78 is 5.41. The highest BCUT2D eigenvalue weighted by molar-refractivity contribution is 7.13. The zero-order valence-electron chi connectivity index (χ0n) is 35.5. The van der Waals surface area contributed by atoms with Gasteiger partial charge < -0.3 is 36.0 Å². The van der Waals surface area contributed by atoms with Crippen molar-refractivity contribution < 1.29 is 24.2 Å². The number of pyridine rings is 1. The molecule has 3 aromatic heterocycles. The molecule has 2 saturated heterocycles. The smallest absolute Gasteiger partial charge is 0.246 e. The maximum Gasteiger partial charge on any atom is 0.246 e. The first-order chi connectivity index (χ1) is 29.2. The lowest BCUT2D eigenvalue weighted by Gasteiger charge is -2.37. The topological polar surface area (TPSA) is 192 Å². The first-order valence-electron chi connectivity index (χ1n) is 20.5. The van der Waals surface area contributed by atoms with Gasteiger partial charge in [-0.3, -0.25) is 19.3 Å². The summed E-state index contributed by atoms with van der Waals surface area (Å²) in [6.45, 7) is 12.4. The third-order valence-corrected chi connectivity index (χ3v) is 12.4. The number of hydrogen-bond acceptors (Lipinski definition) is 13. The lowest BCUT2D eigenvalue weighted by atomic mass is 9.85. The van der Waals surface area contributed by atoms with Crippen LogP contribution in [0.1, 0.15) is 51.4 Å². The summed E-state index contributed by atoms with van der Waals surface area (Å²) in [5.74, 6) is -0.243. The molecule has 7 rings (SSSR count). The normalized spacial score (nSPS) is 18.1. The molecule has 0 spiro atoms. The molecular formula is C45H54N10O5S. The Morgan fingerprint density at radius 1 is 0.951 bits per heavy atom. The third-order valence-electron chi connectivity index (χ3n) is 11.4. The summed E-state index contributed by atoms with van der Waals surface area (Å²) in [5, 5.41) is 25.2. The van der Waals surface area contributed by atoms with Crippen LogP contribution in [0.2, 0.25) is 0 Å². The number of hydrogen-bond donors (Lipinski definition) is 4. The van der Waals surface area contributed by atoms with E-state index in [0.29, 0.717) is 49.1 Å². The first kappa shape index (κ1) is 43.1. The van der Waals surface area contributed by atoms with Gasteiger partial charge in [0.15, 0.2) is 5.82 Å². The minimum Gasteiger partial charge on any atom is -0.481 e. The van der Waals surface area contributed by atoms with Crippen LogP contribution in [0.3, 0.4) is 0 Å². The fraction of sp³-hybridized carbons (Fsp3) is 0.400. The summed E-state index contributed by atoms with van der Waals surface area (Å²) in [6.07, 6.45) is 0.910. The van der Waals surface area contributed by atoms with Crippen LogP contribution in [0.5, 0.6) is 5.88 Å². The van der Waals surface area contributed by atoms with Gasteiger partial charge in [0.05, 0.1) is 53.1 Å². The van der Waals surface area contributed by atoms with Crippen molar-refractivity contribution >= 4 is 40.6 Å². The fourth-order valence-electron chi connectivity index (χ4n) is 7.95. The summed E-state index contributed by atoms with van der Waals surface area (Å²) in [4.78, 5) is 57.0. The number of nitrogen functional groups attached to an aromatic ring is 1. The molecule has 61 heavy (non-hydrogen) atoms. The molecule has 15 nitrogen and oxygen atoms in total. The van der Waals surface area contributed by atoms with Crippen LogP contribution in [0, 0.1) is 12.3 Å². The van der Waals surface area contributed by atoms with Crippen molar-refractivity contribution in [1.82, 2.24) is 40.6 Å². The second kappa shape index (κ2) is 18.3. The van der Waals surface area contributed by atoms with Gasteiger partial charge in [-0.15, -0.1) is 21.5 Å². The summed E-state index contributed by atoms with van der Waals surface area (Å²) >= 11 is 1.58. The monoisotopic (exact) mass is 846 g/mol. The number of piperazine rings is 1. The van der Waals surface area contributed by atoms with E-state index >= 15 is 0 Å². The van der Waals surface area contributed by atoms with Gasteiger partial charge in [-0.25, -0.2) is 9.97 Å². The van der Waals surface area contributed by atoms with E-state index in [9.17, 15) is 19.5 Å². The minimum atomic E-state index is -0.910. The average Bonchev–Trinajstić information content (AvgIpc) is 3.87. The number of nitrogens with one attached hydrogen (secondary N) is 2. The van der Waals surface area contributed by atoms with Gasteiger partial charge in [0.2, 0.25) is 23.6 Å². The second-order valence-electron chi connectivity index (χ2n) is 16.8. The average molecular weight is 847 g/mol. The molecule has 0 aliphatic carbocycles. The van der Waals surface area contributed by atoms with E-state index in [1.54, 1.807) is 24.6 Å². The predicted molar refractivity (Wildman–Crippen MR) is 237 cm³/mol. The molecule has 2 aliphatic heterocycles. The Balaban J connectivity index is 0.933. The molecule has 2 fully saturated rings. The summed E-state index contributed by atoms with van der Waals surface area (Å²) in [5.41, 5.74) is 14.4. The van der Waals surface area contributed by atoms with Crippen LogP contribution in [0.4, 0.5) is 11.5 Å². The number of aliphatic hydroxyl groups excluding tert-OH is 1. The number of β-amino-alcohol motifs (C(OH)–C–C–N with tert-alkyl or cyclic N) is 1. The van der Waals surface area contributed by atoms with Crippen LogP contribution in [0.25, 0.3) is 32.8 Å². The number of aliphatic hydroxyl groups is 1. The number of amides is 3. The molecule has 320 valence electrons. The molecule has 2 aromatic carbocycles. The molecule has 5 heterocycles. The number of rotatable bonds is 12. The summed E-state index contributed by atoms with van der Waals surface area (Å²) in [6, 6.07) is 19.6. The van der Waals surface area contributed by atoms with Gasteiger partial charge in [0, 0.05) is 56.6 Å². The van der Waals surface area contributed by atoms with Crippen LogP contribution in [-0.4, -0.2) is 117 Å². The van der Waals surface area contributed by atoms with E-state index in [1.165, 1.54) is 4.90 Å². The van der Waals surface area contributed by atoms with Crippen molar-refractivity contribution in [2.75, 3.05) is 57.0 Å². The lowest BCUT2D eigenvalue weighted by Crippen LogP contribution is -2.59. The number of carbonyl (C=O) groups is 3. The number of ether oxygens (including phenoxy) is 1. The van der Waals surface area contributed by atoms with Gasteiger partial charge >= 0.3 is 0 Å². The maximum absolute atomic E-state index is 14.2. The van der Waals surface area contributed by atoms with Gasteiger partial charge in [0.25, 0.3) is 0 Å². The molecule has 0 radical (unpaired) electrons. The molecule has 16 heteroatoms. The lowest BCUT2D eigenvalue weighted by molar-refractivity contribution is -0.144. The van der Waals surface area contributed by atoms with E-state index in [2.05, 4.69) is 40.6 Å². The summed E-state index contributed by atoms with van der Waals surface area (Å²) in [7, 11) is 1.56. The Hall–Kier alpha value is -5.97. The Morgan fingerprint density at radius 2 is 1.66 bits per heavy atom. The van der Waals surface area contributed by atoms with Crippen LogP contribution in [0.15, 0.2) is 78.4 Å². The quantitative estimate of drug-likeness (QED) is 0.135. The number of likely N-dealkylation sites (tertiary alicyclic amines) is 1. The zero-order chi connectivity index (χ0) is 43.4. The van der Waals surface area contributed by atoms with E-state index in [-0.39, 0.29) is 43.3 Å². The standard InChI is InChI=1S/C45H54N10O5S/c1-27(29-9-11-31(12-10-29)39-28(2)48-26-61-39)49-42(58)37-22-33(56)24-55(37)44(59)40(45(3,4)5)50-38(57)25-53-18-20-54(21-19-53)32-15-13-30(14-16-32)35-23-36(51-52-41(35)46)34-8-7-17-47-43(34)60-6/h7-17,23,26-27,33,37,40,56H,18-22,24-25H2,1-6H3,(H2,46,52)(H,49,58)(H,50,57)/t27-,33+,37-,40?/m0/s1. The molecule has 5 aromatic rings. The Morgan fingerprint density at radius 3 is 2.31 bits per heavy atom. The van der Waals surface area contributed by atoms with Crippen molar-refractivity contribution in [3.05, 3.63) is 89.7 Å². The van der Waals surface area contributed by atoms with Crippen molar-refractivity contribution in [2.24, 2.45) is 5.41 Å². The van der Waals surface area contributed by atoms with Gasteiger partial charge in [-0.05, 0) is 66.3 Å². The van der Waals surface area contributed by atoms with Gasteiger partial charge in [-0.1, -0.05) is 57.2 Å². The predicted octanol–water partition coefficient (Wildman–Crippen LogP) is 4.72. The number of aromatic nitrogens is 4. The number of thiazole rings is 1. The number of nitrogens with two attached hydrogens (primary N) is 1. The highest BCUT2D eigenvalue weighted by Crippen LogP contribution is 2.33. The molecule has 5 N–H and O–H groups in total. The first-order valence-corrected chi connectivity index (χ1v) is 21.4. The maximum atomic E-state index is 14.2. The van der Waals surface area contributed by atoms with Crippen molar-refractivity contribution in [3.8, 4) is 38.7 Å². The Labute approximate surface area is 360 Å². The molecule has 2 aliphatic rings. The number of nitrogens with zero attached hydrogens (tertiary/aromatic N) is 7. The second-order valence-corrected chi connectivity index (χ2v) is 17.6. The van der Waals surface area contributed by atoms with Crippen molar-refractivity contribution in [3.63, 3.8) is 0 Å². The highest BCUT2D eigenvalue weighted by atomic mass is 32.1. The number of anilines is 2. The Kier molecular flexibility index (Phi) is 13.0. The van der Waals surface area contributed by atoms with E-state index in [1.807, 2.05) is 107 Å². The van der Waals surface area contributed by atoms with Crippen LogP contribution in [-0.2, 0) is 14.4 Å². The largest absolute Gasteiger partial charge is 0.481 e. The number of carbonyl (C=O) groups excluding carboxylic acids is 3. The number of aryl methyl sites for hydroxylation is 1. The third kappa shape index (κ3) is 9.82. The van der Waals surface area contributed by atoms with Gasteiger partial charge in [0.1, 0.15) is 12.1 Å². The molecular weight excluding hydrogens is 793 g/mol. The van der Waals surface area contributed by atoms with Crippen LogP contribution < -0.4 is 26.0 Å². The van der Waals surface area contributed by atoms with Crippen LogP contribution >= 0.6 is 11.3 Å². The van der Waals surface area contributed by atoms with Gasteiger partial charge in [-0.2, -0.15) is 0 Å². The minimum absolute atomic E-state index is 0.00802. The number of methoxy groups -OCH3 is 1. The molecule has 0 bridgehead atoms. The zero-order valence-corrected chi connectivity index (χ0v) is 36.3. The molecule has 4 atom stereocenters. The van der Waals surface area contributed by atoms with E-state index in [4.69, 9.17) is 10.5 Å². The molecule has 1 unspecified atom stereocenters. The van der Waals surface area contributed by atoms with Crippen molar-refractivity contribution in [1.29, 1.82) is 0 Å².